The molecule has 1 heterocycles. The van der Waals surface area contributed by atoms with Gasteiger partial charge in [-0.1, -0.05) is 53.5 Å². The number of rotatable bonds is 4. The first-order valence-corrected chi connectivity index (χ1v) is 10.5. The van der Waals surface area contributed by atoms with E-state index >= 15 is 0 Å². The summed E-state index contributed by atoms with van der Waals surface area (Å²) in [5.74, 6) is 0.204. The monoisotopic (exact) mass is 446 g/mol. The van der Waals surface area contributed by atoms with Crippen molar-refractivity contribution < 1.29 is 12.6 Å². The predicted octanol–water partition coefficient (Wildman–Crippen LogP) is 4.46. The molecule has 0 saturated carbocycles. The van der Waals surface area contributed by atoms with Gasteiger partial charge in [0.1, 0.15) is 15.7 Å². The lowest BCUT2D eigenvalue weighted by Crippen LogP contribution is -2.21. The molecule has 4 rings (SSSR count). The molecule has 0 aliphatic carbocycles. The van der Waals surface area contributed by atoms with E-state index in [4.69, 9.17) is 27.4 Å². The van der Waals surface area contributed by atoms with Crippen LogP contribution in [0.3, 0.4) is 0 Å². The quantitative estimate of drug-likeness (QED) is 0.432. The minimum Gasteiger partial charge on any atom is -0.379 e. The smallest absolute Gasteiger partial charge is 0.339 e. The molecular formula is C20H12Cl2N2O4S. The molecule has 3 aromatic carbocycles. The summed E-state index contributed by atoms with van der Waals surface area (Å²) >= 11 is 11.6. The molecule has 0 aliphatic heterocycles. The maximum absolute atomic E-state index is 12.6. The molecule has 4 aromatic rings. The molecule has 0 bridgehead atoms. The van der Waals surface area contributed by atoms with E-state index in [1.54, 1.807) is 18.2 Å². The van der Waals surface area contributed by atoms with Gasteiger partial charge < -0.3 is 4.18 Å². The van der Waals surface area contributed by atoms with Gasteiger partial charge in [0.2, 0.25) is 0 Å². The van der Waals surface area contributed by atoms with Crippen molar-refractivity contribution in [3.63, 3.8) is 0 Å². The molecule has 0 radical (unpaired) electrons. The third kappa shape index (κ3) is 3.85. The number of benzene rings is 3. The van der Waals surface area contributed by atoms with Crippen LogP contribution in [0.15, 0.2) is 82.6 Å². The number of aromatic nitrogens is 2. The molecule has 1 aromatic heterocycles. The zero-order valence-electron chi connectivity index (χ0n) is 14.6. The van der Waals surface area contributed by atoms with E-state index in [0.29, 0.717) is 5.69 Å². The molecule has 0 aliphatic rings. The summed E-state index contributed by atoms with van der Waals surface area (Å²) in [7, 11) is -4.06. The average molecular weight is 447 g/mol. The number of hydrogen-bond acceptors (Lipinski definition) is 5. The molecular weight excluding hydrogens is 435 g/mol. The Morgan fingerprint density at radius 1 is 0.897 bits per heavy atom. The molecule has 0 unspecified atom stereocenters. The van der Waals surface area contributed by atoms with Gasteiger partial charge in [0.05, 0.1) is 16.9 Å². The Hall–Kier alpha value is -2.87. The molecule has 9 heteroatoms. The number of fused-ring (bicyclic) bond motifs is 1. The highest BCUT2D eigenvalue weighted by Crippen LogP contribution is 2.24. The molecule has 0 fully saturated rings. The van der Waals surface area contributed by atoms with Gasteiger partial charge in [-0.25, -0.2) is 0 Å². The van der Waals surface area contributed by atoms with E-state index in [1.165, 1.54) is 30.5 Å². The molecule has 0 spiro atoms. The summed E-state index contributed by atoms with van der Waals surface area (Å²) in [6.07, 6.45) is 1.23. The molecule has 0 saturated heterocycles. The van der Waals surface area contributed by atoms with Crippen LogP contribution < -0.4 is 9.74 Å². The van der Waals surface area contributed by atoms with E-state index in [2.05, 4.69) is 5.10 Å². The van der Waals surface area contributed by atoms with E-state index < -0.39 is 15.7 Å². The zero-order chi connectivity index (χ0) is 20.6. The van der Waals surface area contributed by atoms with Crippen LogP contribution in [0.5, 0.6) is 5.75 Å². The predicted molar refractivity (Wildman–Crippen MR) is 112 cm³/mol. The fourth-order valence-corrected chi connectivity index (χ4v) is 3.92. The third-order valence-corrected chi connectivity index (χ3v) is 6.18. The van der Waals surface area contributed by atoms with Gasteiger partial charge in [0.15, 0.2) is 0 Å². The van der Waals surface area contributed by atoms with Gasteiger partial charge in [0.25, 0.3) is 5.56 Å². The lowest BCUT2D eigenvalue weighted by Gasteiger charge is -2.09. The number of halogens is 2. The van der Waals surface area contributed by atoms with Crippen molar-refractivity contribution in [1.82, 2.24) is 9.78 Å². The molecule has 0 atom stereocenters. The lowest BCUT2D eigenvalue weighted by atomic mass is 10.1. The summed E-state index contributed by atoms with van der Waals surface area (Å²) in [6.45, 7) is 0. The van der Waals surface area contributed by atoms with E-state index in [1.807, 2.05) is 24.3 Å². The highest BCUT2D eigenvalue weighted by molar-refractivity contribution is 7.87. The maximum Gasteiger partial charge on any atom is 0.339 e. The van der Waals surface area contributed by atoms with Gasteiger partial charge in [-0.05, 0) is 47.2 Å². The van der Waals surface area contributed by atoms with Gasteiger partial charge in [-0.2, -0.15) is 18.2 Å². The molecule has 0 N–H and O–H groups in total. The summed E-state index contributed by atoms with van der Waals surface area (Å²) < 4.78 is 31.5. The Morgan fingerprint density at radius 3 is 2.31 bits per heavy atom. The van der Waals surface area contributed by atoms with Crippen molar-refractivity contribution in [3.05, 3.63) is 93.3 Å². The van der Waals surface area contributed by atoms with Crippen LogP contribution in [0.2, 0.25) is 10.0 Å². The van der Waals surface area contributed by atoms with Crippen LogP contribution in [0, 0.1) is 0 Å². The highest BCUT2D eigenvalue weighted by atomic mass is 35.5. The molecule has 6 nitrogen and oxygen atoms in total. The molecule has 29 heavy (non-hydrogen) atoms. The van der Waals surface area contributed by atoms with Crippen LogP contribution in [-0.4, -0.2) is 18.2 Å². The minimum atomic E-state index is -4.06. The highest BCUT2D eigenvalue weighted by Gasteiger charge is 2.18. The Kier molecular flexibility index (Phi) is 5.04. The molecule has 0 amide bonds. The second-order valence-electron chi connectivity index (χ2n) is 6.06. The van der Waals surface area contributed by atoms with Crippen molar-refractivity contribution in [3.8, 4) is 11.4 Å². The maximum atomic E-state index is 12.6. The fourth-order valence-electron chi connectivity index (χ4n) is 2.74. The first-order chi connectivity index (χ1) is 13.8. The standard InChI is InChI=1S/C20H12Cl2N2O4S/c21-18-12-23-24(20(25)19(18)22)15-6-9-17(10-7-15)29(26,27)28-16-8-5-13-3-1-2-4-14(13)11-16/h1-12H. The third-order valence-electron chi connectivity index (χ3n) is 4.17. The average Bonchev–Trinajstić information content (AvgIpc) is 2.72. The SMILES string of the molecule is O=c1c(Cl)c(Cl)cnn1-c1ccc(S(=O)(=O)Oc2ccc3ccccc3c2)cc1. The number of nitrogens with zero attached hydrogens (tertiary/aromatic N) is 2. The first-order valence-electron chi connectivity index (χ1n) is 8.32. The second-order valence-corrected chi connectivity index (χ2v) is 8.40. The van der Waals surface area contributed by atoms with E-state index in [-0.39, 0.29) is 20.7 Å². The Labute approximate surface area is 176 Å². The van der Waals surface area contributed by atoms with Crippen molar-refractivity contribution in [2.24, 2.45) is 0 Å². The van der Waals surface area contributed by atoms with Crippen LogP contribution in [0.25, 0.3) is 16.5 Å². The van der Waals surface area contributed by atoms with Crippen LogP contribution in [-0.2, 0) is 10.1 Å². The van der Waals surface area contributed by atoms with Gasteiger partial charge in [0, 0.05) is 0 Å². The summed E-state index contributed by atoms with van der Waals surface area (Å²) in [5.41, 5.74) is -0.277. The summed E-state index contributed by atoms with van der Waals surface area (Å²) in [6, 6.07) is 18.1. The molecule has 146 valence electrons. The Bertz CT molecular complexity index is 1380. The van der Waals surface area contributed by atoms with Crippen molar-refractivity contribution in [2.75, 3.05) is 0 Å². The minimum absolute atomic E-state index is 0.0379. The summed E-state index contributed by atoms with van der Waals surface area (Å²) in [4.78, 5) is 12.1. The van der Waals surface area contributed by atoms with Crippen molar-refractivity contribution in [1.29, 1.82) is 0 Å². The van der Waals surface area contributed by atoms with E-state index in [9.17, 15) is 13.2 Å². The zero-order valence-corrected chi connectivity index (χ0v) is 16.9. The van der Waals surface area contributed by atoms with Gasteiger partial charge in [-0.3, -0.25) is 4.79 Å². The topological polar surface area (TPSA) is 78.3 Å². The van der Waals surface area contributed by atoms with Crippen molar-refractivity contribution >= 4 is 44.1 Å². The van der Waals surface area contributed by atoms with Crippen LogP contribution >= 0.6 is 23.2 Å². The fraction of sp³-hybridized carbons (Fsp3) is 0. The Balaban J connectivity index is 1.64. The van der Waals surface area contributed by atoms with Gasteiger partial charge in [-0.15, -0.1) is 0 Å². The Morgan fingerprint density at radius 2 is 1.59 bits per heavy atom. The second kappa shape index (κ2) is 7.51. The van der Waals surface area contributed by atoms with Crippen LogP contribution in [0.1, 0.15) is 0 Å². The van der Waals surface area contributed by atoms with Gasteiger partial charge >= 0.3 is 10.1 Å². The first kappa shape index (κ1) is 19.4. The van der Waals surface area contributed by atoms with Crippen molar-refractivity contribution in [2.45, 2.75) is 4.90 Å². The number of hydrogen-bond donors (Lipinski definition) is 0. The normalized spacial score (nSPS) is 11.5. The van der Waals surface area contributed by atoms with Crippen LogP contribution in [0.4, 0.5) is 0 Å². The van der Waals surface area contributed by atoms with E-state index in [0.717, 1.165) is 15.5 Å². The largest absolute Gasteiger partial charge is 0.379 e. The summed E-state index contributed by atoms with van der Waals surface area (Å²) in [5, 5.41) is 5.61. The lowest BCUT2D eigenvalue weighted by molar-refractivity contribution is 0.486.